The molecule has 1 aromatic carbocycles. The van der Waals surface area contributed by atoms with Gasteiger partial charge in [0, 0.05) is 12.7 Å². The Morgan fingerprint density at radius 3 is 2.89 bits per heavy atom. The molecule has 1 nitrogen and oxygen atoms in total. The fourth-order valence-electron chi connectivity index (χ4n) is 2.50. The van der Waals surface area contributed by atoms with Gasteiger partial charge < -0.3 is 4.57 Å². The van der Waals surface area contributed by atoms with Crippen LogP contribution >= 0.6 is 11.3 Å². The second-order valence-electron chi connectivity index (χ2n) is 4.60. The minimum absolute atomic E-state index is 1.07. The van der Waals surface area contributed by atoms with Crippen molar-refractivity contribution in [2.24, 2.45) is 0 Å². The third-order valence-corrected chi connectivity index (χ3v) is 4.21. The van der Waals surface area contributed by atoms with Crippen LogP contribution in [0.25, 0.3) is 10.9 Å². The van der Waals surface area contributed by atoms with Crippen LogP contribution in [-0.4, -0.2) is 4.57 Å². The number of aromatic nitrogens is 1. The van der Waals surface area contributed by atoms with E-state index < -0.39 is 0 Å². The number of rotatable bonds is 4. The first-order chi connectivity index (χ1) is 8.88. The summed E-state index contributed by atoms with van der Waals surface area (Å²) in [5.74, 6) is 0. The Kier molecular flexibility index (Phi) is 3.20. The summed E-state index contributed by atoms with van der Waals surface area (Å²) in [7, 11) is 0. The zero-order valence-corrected chi connectivity index (χ0v) is 11.4. The molecule has 2 heterocycles. The van der Waals surface area contributed by atoms with Crippen molar-refractivity contribution in [1.29, 1.82) is 0 Å². The molecular formula is C16H17NS. The Bertz CT molecular complexity index is 634. The molecule has 3 rings (SSSR count). The Morgan fingerprint density at radius 1 is 1.17 bits per heavy atom. The highest BCUT2D eigenvalue weighted by Crippen LogP contribution is 2.21. The number of hydrogen-bond acceptors (Lipinski definition) is 1. The van der Waals surface area contributed by atoms with Crippen LogP contribution in [0.2, 0.25) is 0 Å². The molecule has 0 amide bonds. The molecular weight excluding hydrogens is 238 g/mol. The molecule has 0 radical (unpaired) electrons. The molecule has 0 aliphatic heterocycles. The topological polar surface area (TPSA) is 4.93 Å². The maximum atomic E-state index is 2.39. The van der Waals surface area contributed by atoms with Crippen LogP contribution in [0.1, 0.15) is 18.1 Å². The third kappa shape index (κ3) is 2.08. The Hall–Kier alpha value is -1.54. The van der Waals surface area contributed by atoms with Crippen LogP contribution in [0.3, 0.4) is 0 Å². The van der Waals surface area contributed by atoms with Crippen LogP contribution in [0.5, 0.6) is 0 Å². The molecule has 2 aromatic heterocycles. The van der Waals surface area contributed by atoms with Crippen molar-refractivity contribution in [2.45, 2.75) is 26.3 Å². The van der Waals surface area contributed by atoms with E-state index in [0.717, 1.165) is 19.4 Å². The molecule has 0 N–H and O–H groups in total. The highest BCUT2D eigenvalue weighted by molar-refractivity contribution is 7.07. The van der Waals surface area contributed by atoms with E-state index in [9.17, 15) is 0 Å². The number of fused-ring (bicyclic) bond motifs is 1. The van der Waals surface area contributed by atoms with Crippen LogP contribution in [0, 0.1) is 0 Å². The van der Waals surface area contributed by atoms with Gasteiger partial charge in [0.2, 0.25) is 0 Å². The largest absolute Gasteiger partial charge is 0.347 e. The van der Waals surface area contributed by atoms with Gasteiger partial charge in [0.05, 0.1) is 5.52 Å². The van der Waals surface area contributed by atoms with Crippen molar-refractivity contribution >= 4 is 22.2 Å². The van der Waals surface area contributed by atoms with Crippen LogP contribution in [0.15, 0.2) is 47.3 Å². The van der Waals surface area contributed by atoms with Gasteiger partial charge in [-0.1, -0.05) is 25.1 Å². The Labute approximate surface area is 112 Å². The molecule has 0 fully saturated rings. The maximum Gasteiger partial charge on any atom is 0.0512 e. The highest BCUT2D eigenvalue weighted by Gasteiger charge is 2.05. The van der Waals surface area contributed by atoms with E-state index in [2.05, 4.69) is 58.8 Å². The average molecular weight is 255 g/mol. The van der Waals surface area contributed by atoms with Crippen LogP contribution in [-0.2, 0) is 19.4 Å². The minimum Gasteiger partial charge on any atom is -0.347 e. The average Bonchev–Trinajstić information content (AvgIpc) is 3.05. The number of benzene rings is 1. The molecule has 0 saturated carbocycles. The van der Waals surface area contributed by atoms with Crippen LogP contribution in [0.4, 0.5) is 0 Å². The standard InChI is InChI=1S/C16H17NS/c1-2-14-4-3-5-15-7-10-17(16(14)15)9-6-13-8-11-18-12-13/h3-5,7-8,10-12H,2,6,9H2,1H3. The summed E-state index contributed by atoms with van der Waals surface area (Å²) in [4.78, 5) is 0. The van der Waals surface area contributed by atoms with E-state index in [1.165, 1.54) is 22.0 Å². The predicted molar refractivity (Wildman–Crippen MR) is 79.3 cm³/mol. The lowest BCUT2D eigenvalue weighted by molar-refractivity contribution is 0.722. The summed E-state index contributed by atoms with van der Waals surface area (Å²) in [6.45, 7) is 3.29. The second-order valence-corrected chi connectivity index (χ2v) is 5.38. The van der Waals surface area contributed by atoms with Gasteiger partial charge in [0.15, 0.2) is 0 Å². The van der Waals surface area contributed by atoms with Crippen molar-refractivity contribution in [3.8, 4) is 0 Å². The van der Waals surface area contributed by atoms with Crippen molar-refractivity contribution < 1.29 is 0 Å². The van der Waals surface area contributed by atoms with E-state index in [1.807, 2.05) is 0 Å². The lowest BCUT2D eigenvalue weighted by Gasteiger charge is -2.08. The van der Waals surface area contributed by atoms with E-state index in [1.54, 1.807) is 11.3 Å². The Morgan fingerprint density at radius 2 is 2.11 bits per heavy atom. The monoisotopic (exact) mass is 255 g/mol. The lowest BCUT2D eigenvalue weighted by Crippen LogP contribution is -2.00. The highest BCUT2D eigenvalue weighted by atomic mass is 32.1. The maximum absolute atomic E-state index is 2.39. The summed E-state index contributed by atoms with van der Waals surface area (Å²) in [6, 6.07) is 11.0. The zero-order valence-electron chi connectivity index (χ0n) is 10.6. The van der Waals surface area contributed by atoms with Crippen molar-refractivity contribution in [1.82, 2.24) is 4.57 Å². The molecule has 0 bridgehead atoms. The van der Waals surface area contributed by atoms with E-state index >= 15 is 0 Å². The van der Waals surface area contributed by atoms with Crippen LogP contribution < -0.4 is 0 Å². The zero-order chi connectivity index (χ0) is 12.4. The summed E-state index contributed by atoms with van der Waals surface area (Å²) < 4.78 is 2.39. The van der Waals surface area contributed by atoms with Gasteiger partial charge in [-0.3, -0.25) is 0 Å². The van der Waals surface area contributed by atoms with Gasteiger partial charge in [-0.25, -0.2) is 0 Å². The number of para-hydroxylation sites is 1. The number of nitrogens with zero attached hydrogens (tertiary/aromatic N) is 1. The Balaban J connectivity index is 1.92. The fraction of sp³-hybridized carbons (Fsp3) is 0.250. The van der Waals surface area contributed by atoms with Crippen molar-refractivity contribution in [2.75, 3.05) is 0 Å². The predicted octanol–water partition coefficient (Wildman–Crippen LogP) is 4.51. The third-order valence-electron chi connectivity index (χ3n) is 3.47. The van der Waals surface area contributed by atoms with Crippen molar-refractivity contribution in [3.63, 3.8) is 0 Å². The van der Waals surface area contributed by atoms with Crippen molar-refractivity contribution in [3.05, 3.63) is 58.4 Å². The normalized spacial score (nSPS) is 11.2. The van der Waals surface area contributed by atoms with E-state index in [-0.39, 0.29) is 0 Å². The first-order valence-corrected chi connectivity index (χ1v) is 7.40. The van der Waals surface area contributed by atoms with Gasteiger partial charge >= 0.3 is 0 Å². The smallest absolute Gasteiger partial charge is 0.0512 e. The first-order valence-electron chi connectivity index (χ1n) is 6.46. The molecule has 92 valence electrons. The molecule has 0 aliphatic rings. The number of thiophene rings is 1. The van der Waals surface area contributed by atoms with Gasteiger partial charge in [-0.15, -0.1) is 0 Å². The van der Waals surface area contributed by atoms with Gasteiger partial charge in [-0.05, 0) is 52.2 Å². The molecule has 18 heavy (non-hydrogen) atoms. The molecule has 0 aliphatic carbocycles. The molecule has 0 spiro atoms. The summed E-state index contributed by atoms with van der Waals surface area (Å²) >= 11 is 1.78. The quantitative estimate of drug-likeness (QED) is 0.646. The summed E-state index contributed by atoms with van der Waals surface area (Å²) in [6.07, 6.45) is 4.43. The lowest BCUT2D eigenvalue weighted by atomic mass is 10.1. The first kappa shape index (κ1) is 11.5. The molecule has 0 atom stereocenters. The van der Waals surface area contributed by atoms with E-state index in [4.69, 9.17) is 0 Å². The fourth-order valence-corrected chi connectivity index (χ4v) is 3.20. The number of aryl methyl sites for hydroxylation is 3. The molecule has 2 heteroatoms. The SMILES string of the molecule is CCc1cccc2ccn(CCc3ccsc3)c12. The van der Waals surface area contributed by atoms with Gasteiger partial charge in [0.1, 0.15) is 0 Å². The minimum atomic E-state index is 1.07. The van der Waals surface area contributed by atoms with E-state index in [0.29, 0.717) is 0 Å². The number of hydrogen-bond donors (Lipinski definition) is 0. The summed E-state index contributed by atoms with van der Waals surface area (Å²) in [5.41, 5.74) is 4.30. The molecule has 3 aromatic rings. The summed E-state index contributed by atoms with van der Waals surface area (Å²) in [5, 5.41) is 5.76. The molecule has 0 unspecified atom stereocenters. The van der Waals surface area contributed by atoms with Gasteiger partial charge in [0.25, 0.3) is 0 Å². The second kappa shape index (κ2) is 4.99. The molecule has 0 saturated heterocycles. The van der Waals surface area contributed by atoms with Gasteiger partial charge in [-0.2, -0.15) is 11.3 Å².